The molecule has 0 saturated heterocycles. The lowest BCUT2D eigenvalue weighted by molar-refractivity contribution is -0.116. The van der Waals surface area contributed by atoms with Crippen molar-refractivity contribution in [3.8, 4) is 0 Å². The van der Waals surface area contributed by atoms with Crippen molar-refractivity contribution in [2.24, 2.45) is 0 Å². The summed E-state index contributed by atoms with van der Waals surface area (Å²) in [5.74, 6) is 0.0345. The first-order valence-corrected chi connectivity index (χ1v) is 6.42. The second-order valence-electron chi connectivity index (χ2n) is 5.65. The van der Waals surface area contributed by atoms with Crippen LogP contribution in [0.4, 0.5) is 17.1 Å². The molecule has 4 N–H and O–H groups in total. The van der Waals surface area contributed by atoms with Crippen LogP contribution in [0, 0.1) is 0 Å². The zero-order valence-corrected chi connectivity index (χ0v) is 11.7. The van der Waals surface area contributed by atoms with Crippen LogP contribution in [-0.4, -0.2) is 30.2 Å². The Kier molecular flexibility index (Phi) is 3.41. The second kappa shape index (κ2) is 4.74. The Morgan fingerprint density at radius 1 is 1.42 bits per heavy atom. The molecule has 1 aliphatic rings. The number of carbonyl (C=O) groups excluding carboxylic acids is 1. The molecule has 0 bridgehead atoms. The zero-order valence-electron chi connectivity index (χ0n) is 11.7. The number of likely N-dealkylation sites (N-methyl/N-ethyl adjacent to an activating group) is 1. The van der Waals surface area contributed by atoms with E-state index in [1.807, 2.05) is 37.9 Å². The first kappa shape index (κ1) is 13.7. The second-order valence-corrected chi connectivity index (χ2v) is 5.65. The summed E-state index contributed by atoms with van der Waals surface area (Å²) in [6, 6.07) is 3.80. The molecule has 104 valence electrons. The molecule has 0 aliphatic carbocycles. The lowest BCUT2D eigenvalue weighted by Crippen LogP contribution is -2.44. The summed E-state index contributed by atoms with van der Waals surface area (Å²) in [4.78, 5) is 13.4. The highest BCUT2D eigenvalue weighted by molar-refractivity contribution is 5.95. The summed E-state index contributed by atoms with van der Waals surface area (Å²) in [6.45, 7) is 3.89. The molecule has 5 heteroatoms. The number of nitrogens with one attached hydrogen (secondary N) is 1. The third kappa shape index (κ3) is 2.51. The SMILES string of the molecule is CN(c1cc2c(cc1N)CCC(=O)N2)C(C)(C)CO. The number of hydrogen-bond acceptors (Lipinski definition) is 4. The van der Waals surface area contributed by atoms with E-state index < -0.39 is 5.54 Å². The van der Waals surface area contributed by atoms with E-state index in [0.29, 0.717) is 12.1 Å². The molecule has 1 heterocycles. The Balaban J connectivity index is 2.42. The van der Waals surface area contributed by atoms with E-state index in [0.717, 1.165) is 23.4 Å². The van der Waals surface area contributed by atoms with Crippen molar-refractivity contribution in [1.82, 2.24) is 0 Å². The van der Waals surface area contributed by atoms with Gasteiger partial charge in [-0.2, -0.15) is 0 Å². The molecule has 1 aromatic rings. The number of aliphatic hydroxyl groups is 1. The van der Waals surface area contributed by atoms with Crippen molar-refractivity contribution in [2.75, 3.05) is 29.6 Å². The number of fused-ring (bicyclic) bond motifs is 1. The third-order valence-corrected chi connectivity index (χ3v) is 3.80. The number of benzene rings is 1. The number of carbonyl (C=O) groups is 1. The van der Waals surface area contributed by atoms with Crippen molar-refractivity contribution in [1.29, 1.82) is 0 Å². The topological polar surface area (TPSA) is 78.6 Å². The number of anilines is 3. The lowest BCUT2D eigenvalue weighted by Gasteiger charge is -2.37. The van der Waals surface area contributed by atoms with Crippen LogP contribution in [-0.2, 0) is 11.2 Å². The Morgan fingerprint density at radius 3 is 2.74 bits per heavy atom. The maximum atomic E-state index is 11.4. The quantitative estimate of drug-likeness (QED) is 0.719. The number of aryl methyl sites for hydroxylation is 1. The normalized spacial score (nSPS) is 14.8. The van der Waals surface area contributed by atoms with Crippen LogP contribution in [0.1, 0.15) is 25.8 Å². The molecule has 0 atom stereocenters. The minimum Gasteiger partial charge on any atom is -0.397 e. The molecule has 2 rings (SSSR count). The first-order chi connectivity index (χ1) is 8.85. The van der Waals surface area contributed by atoms with Crippen molar-refractivity contribution in [2.45, 2.75) is 32.2 Å². The van der Waals surface area contributed by atoms with Crippen LogP contribution in [0.5, 0.6) is 0 Å². The summed E-state index contributed by atoms with van der Waals surface area (Å²) >= 11 is 0. The molecule has 19 heavy (non-hydrogen) atoms. The van der Waals surface area contributed by atoms with Crippen LogP contribution in [0.25, 0.3) is 0 Å². The average molecular weight is 263 g/mol. The summed E-state index contributed by atoms with van der Waals surface area (Å²) < 4.78 is 0. The summed E-state index contributed by atoms with van der Waals surface area (Å²) in [6.07, 6.45) is 1.22. The van der Waals surface area contributed by atoms with Gasteiger partial charge in [-0.1, -0.05) is 0 Å². The standard InChI is InChI=1S/C14H21N3O2/c1-14(2,8-18)17(3)12-7-11-9(6-10(12)15)4-5-13(19)16-11/h6-7,18H,4-5,8,15H2,1-3H3,(H,16,19). The number of nitrogens with two attached hydrogens (primary N) is 1. The van der Waals surface area contributed by atoms with Gasteiger partial charge in [0.1, 0.15) is 0 Å². The van der Waals surface area contributed by atoms with Crippen molar-refractivity contribution < 1.29 is 9.90 Å². The highest BCUT2D eigenvalue weighted by Gasteiger charge is 2.26. The smallest absolute Gasteiger partial charge is 0.224 e. The van der Waals surface area contributed by atoms with Crippen LogP contribution < -0.4 is 16.0 Å². The molecule has 1 aromatic carbocycles. The molecule has 5 nitrogen and oxygen atoms in total. The van der Waals surface area contributed by atoms with E-state index >= 15 is 0 Å². The lowest BCUT2D eigenvalue weighted by atomic mass is 9.98. The summed E-state index contributed by atoms with van der Waals surface area (Å²) in [5.41, 5.74) is 9.05. The highest BCUT2D eigenvalue weighted by atomic mass is 16.3. The summed E-state index contributed by atoms with van der Waals surface area (Å²) in [7, 11) is 1.89. The number of aliphatic hydroxyl groups excluding tert-OH is 1. The Bertz CT molecular complexity index is 512. The van der Waals surface area contributed by atoms with Crippen LogP contribution in [0.15, 0.2) is 12.1 Å². The monoisotopic (exact) mass is 263 g/mol. The van der Waals surface area contributed by atoms with E-state index in [1.165, 1.54) is 0 Å². The average Bonchev–Trinajstić information content (AvgIpc) is 2.37. The van der Waals surface area contributed by atoms with Gasteiger partial charge in [-0.15, -0.1) is 0 Å². The molecule has 0 fully saturated rings. The Labute approximate surface area is 113 Å². The summed E-state index contributed by atoms with van der Waals surface area (Å²) in [5, 5.41) is 12.3. The van der Waals surface area contributed by atoms with Gasteiger partial charge in [-0.25, -0.2) is 0 Å². The van der Waals surface area contributed by atoms with Gasteiger partial charge in [0.05, 0.1) is 23.5 Å². The predicted octanol–water partition coefficient (Wildman–Crippen LogP) is 1.36. The molecule has 0 saturated carbocycles. The van der Waals surface area contributed by atoms with Gasteiger partial charge < -0.3 is 21.1 Å². The van der Waals surface area contributed by atoms with Gasteiger partial charge in [0, 0.05) is 19.2 Å². The van der Waals surface area contributed by atoms with Gasteiger partial charge in [0.2, 0.25) is 5.91 Å². The minimum absolute atomic E-state index is 0.0202. The van der Waals surface area contributed by atoms with Gasteiger partial charge in [0.25, 0.3) is 0 Å². The number of nitrogen functional groups attached to an aromatic ring is 1. The number of amides is 1. The van der Waals surface area contributed by atoms with E-state index in [1.54, 1.807) is 0 Å². The largest absolute Gasteiger partial charge is 0.397 e. The number of hydrogen-bond donors (Lipinski definition) is 3. The molecule has 1 aliphatic heterocycles. The Morgan fingerprint density at radius 2 is 2.11 bits per heavy atom. The minimum atomic E-state index is -0.416. The predicted molar refractivity (Wildman–Crippen MR) is 77.4 cm³/mol. The van der Waals surface area contributed by atoms with Crippen LogP contribution >= 0.6 is 0 Å². The molecule has 0 unspecified atom stereocenters. The zero-order chi connectivity index (χ0) is 14.2. The molecular formula is C14H21N3O2. The van der Waals surface area contributed by atoms with Crippen LogP contribution in [0.3, 0.4) is 0 Å². The van der Waals surface area contributed by atoms with E-state index in [2.05, 4.69) is 5.32 Å². The fourth-order valence-corrected chi connectivity index (χ4v) is 2.16. The van der Waals surface area contributed by atoms with Crippen molar-refractivity contribution in [3.63, 3.8) is 0 Å². The highest BCUT2D eigenvalue weighted by Crippen LogP contribution is 2.35. The molecular weight excluding hydrogens is 242 g/mol. The number of rotatable bonds is 3. The van der Waals surface area contributed by atoms with Crippen LogP contribution in [0.2, 0.25) is 0 Å². The van der Waals surface area contributed by atoms with Gasteiger partial charge in [0.15, 0.2) is 0 Å². The molecule has 0 spiro atoms. The van der Waals surface area contributed by atoms with Gasteiger partial charge >= 0.3 is 0 Å². The third-order valence-electron chi connectivity index (χ3n) is 3.80. The Hall–Kier alpha value is -1.75. The fourth-order valence-electron chi connectivity index (χ4n) is 2.16. The van der Waals surface area contributed by atoms with Crippen molar-refractivity contribution >= 4 is 23.0 Å². The maximum absolute atomic E-state index is 11.4. The van der Waals surface area contributed by atoms with Crippen molar-refractivity contribution in [3.05, 3.63) is 17.7 Å². The van der Waals surface area contributed by atoms with Gasteiger partial charge in [-0.05, 0) is 38.0 Å². The van der Waals surface area contributed by atoms with E-state index in [4.69, 9.17) is 5.73 Å². The number of nitrogens with zero attached hydrogens (tertiary/aromatic N) is 1. The van der Waals surface area contributed by atoms with E-state index in [-0.39, 0.29) is 12.5 Å². The maximum Gasteiger partial charge on any atom is 0.224 e. The molecule has 0 aromatic heterocycles. The van der Waals surface area contributed by atoms with Gasteiger partial charge in [-0.3, -0.25) is 4.79 Å². The van der Waals surface area contributed by atoms with E-state index in [9.17, 15) is 9.90 Å². The first-order valence-electron chi connectivity index (χ1n) is 6.42. The fraction of sp³-hybridized carbons (Fsp3) is 0.500. The molecule has 1 amide bonds. The molecule has 0 radical (unpaired) electrons.